The van der Waals surface area contributed by atoms with Gasteiger partial charge < -0.3 is 9.64 Å². The molecule has 2 aromatic rings. The fourth-order valence-corrected chi connectivity index (χ4v) is 4.60. The number of aromatic nitrogens is 1. The first-order chi connectivity index (χ1) is 13.1. The molecular weight excluding hydrogens is 360 g/mol. The van der Waals surface area contributed by atoms with Gasteiger partial charge in [0.1, 0.15) is 11.9 Å². The molecule has 2 atom stereocenters. The number of pyridine rings is 1. The molecule has 5 heteroatoms. The van der Waals surface area contributed by atoms with Crippen LogP contribution in [0.3, 0.4) is 0 Å². The Balaban J connectivity index is 1.34. The Morgan fingerprint density at radius 3 is 2.56 bits per heavy atom. The highest BCUT2D eigenvalue weighted by Crippen LogP contribution is 2.37. The minimum absolute atomic E-state index is 0.188. The van der Waals surface area contributed by atoms with Crippen molar-refractivity contribution in [2.75, 3.05) is 0 Å². The number of rotatable bonds is 5. The molecule has 4 rings (SSSR count). The first-order valence-electron chi connectivity index (χ1n) is 9.73. The van der Waals surface area contributed by atoms with Gasteiger partial charge in [-0.05, 0) is 55.5 Å². The summed E-state index contributed by atoms with van der Waals surface area (Å²) in [5.74, 6) is 1.14. The molecule has 0 radical (unpaired) electrons. The van der Waals surface area contributed by atoms with Crippen molar-refractivity contribution in [2.24, 2.45) is 0 Å². The Bertz CT molecular complexity index is 797. The fraction of sp³-hybridized carbons (Fsp3) is 0.455. The minimum atomic E-state index is 0.188. The maximum absolute atomic E-state index is 12.9. The second-order valence-electron chi connectivity index (χ2n) is 7.66. The van der Waals surface area contributed by atoms with Crippen molar-refractivity contribution in [1.29, 1.82) is 0 Å². The largest absolute Gasteiger partial charge is 0.490 e. The SMILES string of the molecule is Cc1cc(CCC(=O)N2C3CCC2CC(Oc2ccncc2)C3)ccc1Cl. The van der Waals surface area contributed by atoms with E-state index in [1.54, 1.807) is 12.4 Å². The third-order valence-electron chi connectivity index (χ3n) is 5.78. The number of ether oxygens (including phenoxy) is 1. The highest BCUT2D eigenvalue weighted by Gasteiger charge is 2.43. The summed E-state index contributed by atoms with van der Waals surface area (Å²) in [6, 6.07) is 10.4. The van der Waals surface area contributed by atoms with Crippen LogP contribution in [0.1, 0.15) is 43.2 Å². The van der Waals surface area contributed by atoms with Crippen molar-refractivity contribution in [3.63, 3.8) is 0 Å². The Kier molecular flexibility index (Phi) is 5.35. The molecule has 3 heterocycles. The number of carbonyl (C=O) groups excluding carboxylic acids is 1. The highest BCUT2D eigenvalue weighted by atomic mass is 35.5. The maximum atomic E-state index is 12.9. The van der Waals surface area contributed by atoms with Gasteiger partial charge in [-0.25, -0.2) is 0 Å². The average molecular weight is 385 g/mol. The molecule has 1 aromatic heterocycles. The summed E-state index contributed by atoms with van der Waals surface area (Å²) in [4.78, 5) is 19.1. The Morgan fingerprint density at radius 2 is 1.89 bits per heavy atom. The number of carbonyl (C=O) groups is 1. The average Bonchev–Trinajstić information content (AvgIpc) is 2.94. The number of hydrogen-bond donors (Lipinski definition) is 0. The molecular formula is C22H25ClN2O2. The molecule has 1 amide bonds. The lowest BCUT2D eigenvalue weighted by atomic mass is 9.98. The quantitative estimate of drug-likeness (QED) is 0.757. The lowest BCUT2D eigenvalue weighted by Crippen LogP contribution is -2.49. The summed E-state index contributed by atoms with van der Waals surface area (Å²) < 4.78 is 6.13. The molecule has 0 saturated carbocycles. The van der Waals surface area contributed by atoms with Gasteiger partial charge in [-0.15, -0.1) is 0 Å². The summed E-state index contributed by atoms with van der Waals surface area (Å²) in [6.07, 6.45) is 9.04. The van der Waals surface area contributed by atoms with E-state index in [1.807, 2.05) is 31.2 Å². The predicted octanol–water partition coefficient (Wildman–Crippen LogP) is 4.58. The first-order valence-corrected chi connectivity index (χ1v) is 10.1. The number of nitrogens with zero attached hydrogens (tertiary/aromatic N) is 2. The summed E-state index contributed by atoms with van der Waals surface area (Å²) in [5.41, 5.74) is 2.24. The van der Waals surface area contributed by atoms with E-state index in [-0.39, 0.29) is 12.0 Å². The van der Waals surface area contributed by atoms with Crippen LogP contribution in [-0.2, 0) is 11.2 Å². The molecule has 0 N–H and O–H groups in total. The Labute approximate surface area is 165 Å². The number of halogens is 1. The smallest absolute Gasteiger partial charge is 0.223 e. The van der Waals surface area contributed by atoms with Gasteiger partial charge in [-0.1, -0.05) is 23.7 Å². The summed E-state index contributed by atoms with van der Waals surface area (Å²) >= 11 is 6.09. The normalized spacial score (nSPS) is 24.1. The van der Waals surface area contributed by atoms with Crippen LogP contribution in [0.25, 0.3) is 0 Å². The zero-order valence-corrected chi connectivity index (χ0v) is 16.4. The first kappa shape index (κ1) is 18.3. The van der Waals surface area contributed by atoms with Crippen LogP contribution in [0, 0.1) is 6.92 Å². The molecule has 1 aromatic carbocycles. The van der Waals surface area contributed by atoms with Gasteiger partial charge in [0.05, 0.1) is 0 Å². The number of benzene rings is 1. The van der Waals surface area contributed by atoms with E-state index >= 15 is 0 Å². The minimum Gasteiger partial charge on any atom is -0.490 e. The number of aryl methyl sites for hydroxylation is 2. The van der Waals surface area contributed by atoms with Crippen molar-refractivity contribution in [2.45, 2.75) is 63.6 Å². The van der Waals surface area contributed by atoms with Crippen LogP contribution >= 0.6 is 11.6 Å². The zero-order chi connectivity index (χ0) is 18.8. The van der Waals surface area contributed by atoms with Gasteiger partial charge in [-0.3, -0.25) is 9.78 Å². The van der Waals surface area contributed by atoms with Crippen LogP contribution in [0.5, 0.6) is 5.75 Å². The summed E-state index contributed by atoms with van der Waals surface area (Å²) in [6.45, 7) is 2.00. The van der Waals surface area contributed by atoms with E-state index < -0.39 is 0 Å². The van der Waals surface area contributed by atoms with Crippen LogP contribution in [0.2, 0.25) is 5.02 Å². The van der Waals surface area contributed by atoms with E-state index in [0.717, 1.165) is 48.4 Å². The monoisotopic (exact) mass is 384 g/mol. The standard InChI is InChI=1S/C22H25ClN2O2/c1-15-12-16(2-6-21(15)23)3-7-22(26)25-17-4-5-18(25)14-20(13-17)27-19-8-10-24-11-9-19/h2,6,8-12,17-18,20H,3-5,7,13-14H2,1H3. The molecule has 0 spiro atoms. The number of amides is 1. The Hall–Kier alpha value is -2.07. The van der Waals surface area contributed by atoms with Gasteiger partial charge in [-0.2, -0.15) is 0 Å². The van der Waals surface area contributed by atoms with Crippen LogP contribution < -0.4 is 4.74 Å². The van der Waals surface area contributed by atoms with Gasteiger partial charge >= 0.3 is 0 Å². The molecule has 2 saturated heterocycles. The third kappa shape index (κ3) is 4.11. The topological polar surface area (TPSA) is 42.4 Å². The predicted molar refractivity (Wildman–Crippen MR) is 106 cm³/mol. The van der Waals surface area contributed by atoms with Crippen LogP contribution in [-0.4, -0.2) is 34.0 Å². The highest BCUT2D eigenvalue weighted by molar-refractivity contribution is 6.31. The number of fused-ring (bicyclic) bond motifs is 2. The number of hydrogen-bond acceptors (Lipinski definition) is 3. The van der Waals surface area contributed by atoms with Crippen molar-refractivity contribution in [3.05, 3.63) is 58.9 Å². The molecule has 2 fully saturated rings. The summed E-state index contributed by atoms with van der Waals surface area (Å²) in [7, 11) is 0. The third-order valence-corrected chi connectivity index (χ3v) is 6.20. The maximum Gasteiger partial charge on any atom is 0.223 e. The Morgan fingerprint density at radius 1 is 1.19 bits per heavy atom. The van der Waals surface area contributed by atoms with E-state index in [0.29, 0.717) is 18.5 Å². The van der Waals surface area contributed by atoms with Gasteiger partial charge in [0.25, 0.3) is 0 Å². The van der Waals surface area contributed by atoms with Crippen molar-refractivity contribution >= 4 is 17.5 Å². The lowest BCUT2D eigenvalue weighted by molar-refractivity contribution is -0.137. The van der Waals surface area contributed by atoms with Gasteiger partial charge in [0, 0.05) is 48.8 Å². The van der Waals surface area contributed by atoms with E-state index in [2.05, 4.69) is 16.0 Å². The molecule has 4 nitrogen and oxygen atoms in total. The molecule has 142 valence electrons. The zero-order valence-electron chi connectivity index (χ0n) is 15.6. The van der Waals surface area contributed by atoms with Crippen LogP contribution in [0.4, 0.5) is 0 Å². The van der Waals surface area contributed by atoms with Crippen molar-refractivity contribution < 1.29 is 9.53 Å². The van der Waals surface area contributed by atoms with Crippen LogP contribution in [0.15, 0.2) is 42.7 Å². The summed E-state index contributed by atoms with van der Waals surface area (Å²) in [5, 5.41) is 0.777. The fourth-order valence-electron chi connectivity index (χ4n) is 4.48. The molecule has 2 unspecified atom stereocenters. The van der Waals surface area contributed by atoms with E-state index in [1.165, 1.54) is 5.56 Å². The van der Waals surface area contributed by atoms with Crippen molar-refractivity contribution in [3.8, 4) is 5.75 Å². The van der Waals surface area contributed by atoms with Gasteiger partial charge in [0.15, 0.2) is 0 Å². The van der Waals surface area contributed by atoms with Gasteiger partial charge in [0.2, 0.25) is 5.91 Å². The van der Waals surface area contributed by atoms with Crippen molar-refractivity contribution in [1.82, 2.24) is 9.88 Å². The van der Waals surface area contributed by atoms with E-state index in [4.69, 9.17) is 16.3 Å². The lowest BCUT2D eigenvalue weighted by Gasteiger charge is -2.39. The molecule has 2 aliphatic rings. The second-order valence-corrected chi connectivity index (χ2v) is 8.07. The molecule has 27 heavy (non-hydrogen) atoms. The second kappa shape index (κ2) is 7.89. The molecule has 0 aliphatic carbocycles. The van der Waals surface area contributed by atoms with E-state index in [9.17, 15) is 4.79 Å². The molecule has 2 bridgehead atoms. The number of piperidine rings is 1. The molecule has 2 aliphatic heterocycles.